The first kappa shape index (κ1) is 16.8. The highest BCUT2D eigenvalue weighted by Gasteiger charge is 2.01. The largest absolute Gasteiger partial charge is 0.404 e. The van der Waals surface area contributed by atoms with Gasteiger partial charge in [-0.05, 0) is 43.1 Å². The number of hydrogen-bond donors (Lipinski definition) is 1. The van der Waals surface area contributed by atoms with Gasteiger partial charge >= 0.3 is 0 Å². The van der Waals surface area contributed by atoms with E-state index in [1.54, 1.807) is 6.08 Å². The quantitative estimate of drug-likeness (QED) is 0.550. The molecule has 0 aliphatic carbocycles. The first-order valence-electron chi connectivity index (χ1n) is 6.26. The topological polar surface area (TPSA) is 26.0 Å². The summed E-state index contributed by atoms with van der Waals surface area (Å²) in [5, 5.41) is 0. The molecule has 19 heavy (non-hydrogen) atoms. The van der Waals surface area contributed by atoms with Crippen molar-refractivity contribution >= 4 is 0 Å². The molecule has 0 spiro atoms. The van der Waals surface area contributed by atoms with Gasteiger partial charge in [-0.2, -0.15) is 0 Å². The maximum atomic E-state index is 5.43. The van der Waals surface area contributed by atoms with E-state index in [9.17, 15) is 0 Å². The van der Waals surface area contributed by atoms with Crippen LogP contribution in [0.2, 0.25) is 0 Å². The van der Waals surface area contributed by atoms with Crippen molar-refractivity contribution < 1.29 is 0 Å². The fraction of sp³-hybridized carbons (Fsp3) is 0.222. The van der Waals surface area contributed by atoms with Crippen LogP contribution in [0.1, 0.15) is 27.2 Å². The SMILES string of the molecule is C#CC(/C=C(/C)C(=C)/C(C=C)=C/C=C(/C)CC)=C/N. The van der Waals surface area contributed by atoms with Gasteiger partial charge in [0.1, 0.15) is 0 Å². The zero-order chi connectivity index (χ0) is 14.8. The van der Waals surface area contributed by atoms with Crippen molar-refractivity contribution in [2.75, 3.05) is 0 Å². The highest BCUT2D eigenvalue weighted by atomic mass is 14.5. The molecule has 0 saturated heterocycles. The molecule has 2 N–H and O–H groups in total. The summed E-state index contributed by atoms with van der Waals surface area (Å²) in [6.07, 6.45) is 15.5. The molecule has 1 heteroatoms. The van der Waals surface area contributed by atoms with Crippen molar-refractivity contribution in [1.82, 2.24) is 0 Å². The summed E-state index contributed by atoms with van der Waals surface area (Å²) in [6.45, 7) is 14.1. The van der Waals surface area contributed by atoms with E-state index in [1.165, 1.54) is 11.8 Å². The maximum absolute atomic E-state index is 5.43. The van der Waals surface area contributed by atoms with E-state index in [-0.39, 0.29) is 0 Å². The van der Waals surface area contributed by atoms with Gasteiger partial charge in [0.2, 0.25) is 0 Å². The van der Waals surface area contributed by atoms with Crippen LogP contribution in [0.3, 0.4) is 0 Å². The Morgan fingerprint density at radius 3 is 2.37 bits per heavy atom. The summed E-state index contributed by atoms with van der Waals surface area (Å²) in [4.78, 5) is 0. The van der Waals surface area contributed by atoms with Gasteiger partial charge in [0.05, 0.1) is 0 Å². The van der Waals surface area contributed by atoms with Gasteiger partial charge in [-0.3, -0.25) is 0 Å². The predicted molar refractivity (Wildman–Crippen MR) is 86.3 cm³/mol. The lowest BCUT2D eigenvalue weighted by Gasteiger charge is -2.07. The molecular formula is C18H23N. The molecule has 0 aromatic heterocycles. The van der Waals surface area contributed by atoms with Gasteiger partial charge in [-0.1, -0.05) is 49.8 Å². The Morgan fingerprint density at radius 2 is 1.95 bits per heavy atom. The van der Waals surface area contributed by atoms with Crippen molar-refractivity contribution in [3.8, 4) is 12.3 Å². The van der Waals surface area contributed by atoms with Gasteiger partial charge in [-0.15, -0.1) is 6.42 Å². The second kappa shape index (κ2) is 8.83. The summed E-state index contributed by atoms with van der Waals surface area (Å²) >= 11 is 0. The summed E-state index contributed by atoms with van der Waals surface area (Å²) in [7, 11) is 0. The van der Waals surface area contributed by atoms with Crippen LogP contribution in [0.4, 0.5) is 0 Å². The van der Waals surface area contributed by atoms with Crippen LogP contribution < -0.4 is 5.73 Å². The smallest absolute Gasteiger partial charge is 0.0400 e. The Hall–Kier alpha value is -2.20. The van der Waals surface area contributed by atoms with Gasteiger partial charge < -0.3 is 5.73 Å². The van der Waals surface area contributed by atoms with Crippen molar-refractivity contribution in [1.29, 1.82) is 0 Å². The number of hydrogen-bond acceptors (Lipinski definition) is 1. The van der Waals surface area contributed by atoms with Crippen LogP contribution >= 0.6 is 0 Å². The number of rotatable bonds is 6. The average Bonchev–Trinajstić information content (AvgIpc) is 2.44. The molecule has 0 heterocycles. The van der Waals surface area contributed by atoms with E-state index in [1.807, 2.05) is 19.1 Å². The van der Waals surface area contributed by atoms with E-state index >= 15 is 0 Å². The van der Waals surface area contributed by atoms with Crippen LogP contribution in [0.15, 0.2) is 71.5 Å². The van der Waals surface area contributed by atoms with Gasteiger partial charge in [-0.25, -0.2) is 0 Å². The van der Waals surface area contributed by atoms with Crippen LogP contribution in [-0.2, 0) is 0 Å². The molecular weight excluding hydrogens is 230 g/mol. The summed E-state index contributed by atoms with van der Waals surface area (Å²) in [5.74, 6) is 2.52. The normalized spacial score (nSPS) is 14.0. The van der Waals surface area contributed by atoms with Gasteiger partial charge in [0.25, 0.3) is 0 Å². The number of nitrogens with two attached hydrogens (primary N) is 1. The Labute approximate surface area is 117 Å². The lowest BCUT2D eigenvalue weighted by molar-refractivity contribution is 1.10. The zero-order valence-corrected chi connectivity index (χ0v) is 12.2. The Balaban J connectivity index is 5.28. The minimum atomic E-state index is 0.641. The second-order valence-electron chi connectivity index (χ2n) is 4.26. The molecule has 0 aliphatic rings. The monoisotopic (exact) mass is 253 g/mol. The van der Waals surface area contributed by atoms with Crippen molar-refractivity contribution in [3.63, 3.8) is 0 Å². The molecule has 0 unspecified atom stereocenters. The third-order valence-corrected chi connectivity index (χ3v) is 2.87. The Kier molecular flexibility index (Phi) is 7.81. The molecule has 1 nitrogen and oxygen atoms in total. The van der Waals surface area contributed by atoms with E-state index in [0.717, 1.165) is 23.1 Å². The predicted octanol–water partition coefficient (Wildman–Crippen LogP) is 4.43. The average molecular weight is 253 g/mol. The molecule has 0 radical (unpaired) electrons. The second-order valence-corrected chi connectivity index (χ2v) is 4.26. The molecule has 0 amide bonds. The first-order chi connectivity index (χ1) is 8.99. The number of terminal acetylenes is 1. The molecule has 0 rings (SSSR count). The lowest BCUT2D eigenvalue weighted by atomic mass is 9.98. The van der Waals surface area contributed by atoms with Crippen molar-refractivity contribution in [2.45, 2.75) is 27.2 Å². The summed E-state index contributed by atoms with van der Waals surface area (Å²) in [6, 6.07) is 0. The molecule has 0 atom stereocenters. The number of allylic oxidation sites excluding steroid dienone is 9. The van der Waals surface area contributed by atoms with Crippen LogP contribution in [0.5, 0.6) is 0 Å². The maximum Gasteiger partial charge on any atom is 0.0400 e. The van der Waals surface area contributed by atoms with Crippen LogP contribution in [0.25, 0.3) is 0 Å². The summed E-state index contributed by atoms with van der Waals surface area (Å²) in [5.41, 5.74) is 10.2. The van der Waals surface area contributed by atoms with E-state index in [2.05, 4.69) is 39.0 Å². The Morgan fingerprint density at radius 1 is 1.32 bits per heavy atom. The first-order valence-corrected chi connectivity index (χ1v) is 6.26. The molecule has 0 bridgehead atoms. The van der Waals surface area contributed by atoms with Crippen LogP contribution in [0, 0.1) is 12.3 Å². The molecule has 0 aromatic carbocycles. The van der Waals surface area contributed by atoms with E-state index in [4.69, 9.17) is 12.2 Å². The Bertz CT molecular complexity index is 502. The third kappa shape index (κ3) is 5.79. The van der Waals surface area contributed by atoms with Crippen molar-refractivity contribution in [3.05, 3.63) is 71.5 Å². The molecule has 0 aliphatic heterocycles. The standard InChI is InChI=1S/C18H23N/c1-7-14(4)10-11-18(9-3)16(6)15(5)12-17(8-2)13-19/h2,9-13H,3,6-7,19H2,1,4-5H3/b14-10-,15-12-,17-13-,18-11+. The molecule has 0 fully saturated rings. The van der Waals surface area contributed by atoms with E-state index in [0.29, 0.717) is 5.57 Å². The minimum Gasteiger partial charge on any atom is -0.404 e. The highest BCUT2D eigenvalue weighted by molar-refractivity contribution is 5.53. The highest BCUT2D eigenvalue weighted by Crippen LogP contribution is 2.20. The fourth-order valence-electron chi connectivity index (χ4n) is 1.33. The van der Waals surface area contributed by atoms with Crippen LogP contribution in [-0.4, -0.2) is 0 Å². The van der Waals surface area contributed by atoms with Crippen molar-refractivity contribution in [2.24, 2.45) is 5.73 Å². The fourth-order valence-corrected chi connectivity index (χ4v) is 1.33. The molecule has 100 valence electrons. The zero-order valence-electron chi connectivity index (χ0n) is 12.2. The van der Waals surface area contributed by atoms with Gasteiger partial charge in [0.15, 0.2) is 0 Å². The molecule has 0 aromatic rings. The summed E-state index contributed by atoms with van der Waals surface area (Å²) < 4.78 is 0. The minimum absolute atomic E-state index is 0.641. The van der Waals surface area contributed by atoms with Gasteiger partial charge in [0, 0.05) is 11.8 Å². The molecule has 0 saturated carbocycles. The lowest BCUT2D eigenvalue weighted by Crippen LogP contribution is -1.90. The van der Waals surface area contributed by atoms with E-state index < -0.39 is 0 Å². The third-order valence-electron chi connectivity index (χ3n) is 2.87.